The van der Waals surface area contributed by atoms with Gasteiger partial charge >= 0.3 is 0 Å². The second kappa shape index (κ2) is 8.39. The fourth-order valence-corrected chi connectivity index (χ4v) is 3.03. The summed E-state index contributed by atoms with van der Waals surface area (Å²) in [5, 5.41) is 13.1. The molecule has 0 aliphatic carbocycles. The number of nitrogen functional groups attached to an aromatic ring is 1. The van der Waals surface area contributed by atoms with Crippen LogP contribution in [0.3, 0.4) is 0 Å². The summed E-state index contributed by atoms with van der Waals surface area (Å²) in [6, 6.07) is 17.8. The zero-order valence-electron chi connectivity index (χ0n) is 14.6. The van der Waals surface area contributed by atoms with E-state index in [1.165, 1.54) is 22.0 Å². The van der Waals surface area contributed by atoms with Crippen LogP contribution in [0.2, 0.25) is 0 Å². The highest BCUT2D eigenvalue weighted by molar-refractivity contribution is 7.98. The fraction of sp³-hybridized carbons (Fsp3) is 0.167. The van der Waals surface area contributed by atoms with Gasteiger partial charge in [0.1, 0.15) is 5.75 Å². The maximum Gasteiger partial charge on any atom is 0.264 e. The van der Waals surface area contributed by atoms with Crippen molar-refractivity contribution in [2.24, 2.45) is 5.10 Å². The van der Waals surface area contributed by atoms with Crippen molar-refractivity contribution in [3.8, 4) is 5.75 Å². The molecule has 0 amide bonds. The predicted octanol–water partition coefficient (Wildman–Crippen LogP) is 3.13. The number of aromatic nitrogens is 3. The van der Waals surface area contributed by atoms with E-state index < -0.39 is 0 Å². The Morgan fingerprint density at radius 1 is 1.19 bits per heavy atom. The minimum Gasteiger partial charge on any atom is -0.497 e. The van der Waals surface area contributed by atoms with Crippen molar-refractivity contribution in [1.82, 2.24) is 14.9 Å². The molecule has 3 aromatic rings. The number of hydrogen-bond acceptors (Lipinski definition) is 7. The largest absolute Gasteiger partial charge is 0.497 e. The van der Waals surface area contributed by atoms with Crippen LogP contribution >= 0.6 is 11.8 Å². The molecule has 0 saturated carbocycles. The third kappa shape index (κ3) is 4.34. The molecule has 134 valence electrons. The van der Waals surface area contributed by atoms with Gasteiger partial charge in [0.15, 0.2) is 0 Å². The molecular formula is C18H20N6OS. The van der Waals surface area contributed by atoms with Crippen molar-refractivity contribution in [2.45, 2.75) is 17.8 Å². The molecule has 2 aromatic carbocycles. The highest BCUT2D eigenvalue weighted by Gasteiger charge is 2.10. The molecule has 1 aromatic heterocycles. The standard InChI is InChI=1S/C18H20N6OS/c1-13(15-9-6-10-16(11-15)25-2)20-21-17-22-23-18(24(17)19)26-12-14-7-4-3-5-8-14/h3-11H,12,19H2,1-2H3,(H,21,22)/b20-13+. The van der Waals surface area contributed by atoms with E-state index in [-0.39, 0.29) is 0 Å². The van der Waals surface area contributed by atoms with Gasteiger partial charge in [-0.2, -0.15) is 5.10 Å². The molecule has 0 bridgehead atoms. The lowest BCUT2D eigenvalue weighted by Gasteiger charge is -2.06. The molecule has 8 heteroatoms. The van der Waals surface area contributed by atoms with Crippen LogP contribution in [0.15, 0.2) is 64.9 Å². The van der Waals surface area contributed by atoms with Gasteiger partial charge in [0.2, 0.25) is 5.16 Å². The number of methoxy groups -OCH3 is 1. The molecule has 0 saturated heterocycles. The van der Waals surface area contributed by atoms with Crippen LogP contribution < -0.4 is 16.0 Å². The van der Waals surface area contributed by atoms with Crippen LogP contribution in [0, 0.1) is 0 Å². The normalized spacial score (nSPS) is 11.4. The number of benzene rings is 2. The second-order valence-electron chi connectivity index (χ2n) is 5.49. The molecular weight excluding hydrogens is 348 g/mol. The Hall–Kier alpha value is -3.00. The van der Waals surface area contributed by atoms with Crippen LogP contribution in [0.5, 0.6) is 5.75 Å². The van der Waals surface area contributed by atoms with Crippen LogP contribution in [-0.2, 0) is 5.75 Å². The first-order chi connectivity index (χ1) is 12.7. The third-order valence-electron chi connectivity index (χ3n) is 3.69. The second-order valence-corrected chi connectivity index (χ2v) is 6.43. The molecule has 0 radical (unpaired) electrons. The number of nitrogens with zero attached hydrogens (tertiary/aromatic N) is 4. The topological polar surface area (TPSA) is 90.3 Å². The van der Waals surface area contributed by atoms with Crippen LogP contribution in [0.25, 0.3) is 0 Å². The number of hydrazone groups is 1. The maximum absolute atomic E-state index is 6.06. The Bertz CT molecular complexity index is 894. The van der Waals surface area contributed by atoms with E-state index in [0.29, 0.717) is 11.1 Å². The highest BCUT2D eigenvalue weighted by atomic mass is 32.2. The van der Waals surface area contributed by atoms with Gasteiger partial charge in [0.25, 0.3) is 5.95 Å². The Morgan fingerprint density at radius 2 is 2.00 bits per heavy atom. The number of anilines is 1. The van der Waals surface area contributed by atoms with E-state index in [1.54, 1.807) is 7.11 Å². The minimum absolute atomic E-state index is 0.378. The van der Waals surface area contributed by atoms with Gasteiger partial charge in [0, 0.05) is 11.3 Å². The molecule has 0 unspecified atom stereocenters. The monoisotopic (exact) mass is 368 g/mol. The minimum atomic E-state index is 0.378. The van der Waals surface area contributed by atoms with Crippen LogP contribution in [-0.4, -0.2) is 27.7 Å². The quantitative estimate of drug-likeness (QED) is 0.288. The van der Waals surface area contributed by atoms with E-state index in [0.717, 1.165) is 22.8 Å². The number of nitrogens with two attached hydrogens (primary N) is 1. The zero-order valence-corrected chi connectivity index (χ0v) is 15.4. The lowest BCUT2D eigenvalue weighted by Crippen LogP contribution is -2.13. The van der Waals surface area contributed by atoms with Crippen LogP contribution in [0.4, 0.5) is 5.95 Å². The predicted molar refractivity (Wildman–Crippen MR) is 105 cm³/mol. The number of nitrogens with one attached hydrogen (secondary N) is 1. The van der Waals surface area contributed by atoms with Gasteiger partial charge in [0.05, 0.1) is 12.8 Å². The lowest BCUT2D eigenvalue weighted by atomic mass is 10.1. The molecule has 0 spiro atoms. The van der Waals surface area contributed by atoms with E-state index in [1.807, 2.05) is 49.4 Å². The number of thioether (sulfide) groups is 1. The summed E-state index contributed by atoms with van der Waals surface area (Å²) >= 11 is 1.52. The average Bonchev–Trinajstić information content (AvgIpc) is 3.05. The van der Waals surface area contributed by atoms with Gasteiger partial charge in [-0.25, -0.2) is 10.1 Å². The van der Waals surface area contributed by atoms with E-state index in [2.05, 4.69) is 32.9 Å². The Morgan fingerprint density at radius 3 is 2.77 bits per heavy atom. The summed E-state index contributed by atoms with van der Waals surface area (Å²) in [5.41, 5.74) is 5.79. The molecule has 3 rings (SSSR count). The van der Waals surface area contributed by atoms with Gasteiger partial charge in [-0.1, -0.05) is 54.2 Å². The highest BCUT2D eigenvalue weighted by Crippen LogP contribution is 2.21. The molecule has 3 N–H and O–H groups in total. The van der Waals surface area contributed by atoms with E-state index in [9.17, 15) is 0 Å². The number of rotatable bonds is 7. The summed E-state index contributed by atoms with van der Waals surface area (Å²) in [5.74, 6) is 7.98. The molecule has 7 nitrogen and oxygen atoms in total. The van der Waals surface area contributed by atoms with E-state index in [4.69, 9.17) is 10.6 Å². The first-order valence-electron chi connectivity index (χ1n) is 7.99. The molecule has 0 aliphatic rings. The summed E-state index contributed by atoms with van der Waals surface area (Å²) < 4.78 is 6.63. The fourth-order valence-electron chi connectivity index (χ4n) is 2.22. The van der Waals surface area contributed by atoms with Crippen molar-refractivity contribution < 1.29 is 4.74 Å². The lowest BCUT2D eigenvalue weighted by molar-refractivity contribution is 0.414. The van der Waals surface area contributed by atoms with Crippen molar-refractivity contribution >= 4 is 23.4 Å². The summed E-state index contributed by atoms with van der Waals surface area (Å²) in [4.78, 5) is 0. The van der Waals surface area contributed by atoms with Crippen molar-refractivity contribution in [1.29, 1.82) is 0 Å². The molecule has 26 heavy (non-hydrogen) atoms. The molecule has 0 atom stereocenters. The van der Waals surface area contributed by atoms with Crippen molar-refractivity contribution in [3.05, 3.63) is 65.7 Å². The Balaban J connectivity index is 1.65. The Labute approximate surface area is 156 Å². The Kier molecular flexibility index (Phi) is 5.75. The third-order valence-corrected chi connectivity index (χ3v) is 4.70. The molecule has 1 heterocycles. The van der Waals surface area contributed by atoms with Crippen molar-refractivity contribution in [3.63, 3.8) is 0 Å². The summed E-state index contributed by atoms with van der Waals surface area (Å²) in [6.45, 7) is 1.89. The molecule has 0 aliphatic heterocycles. The first kappa shape index (κ1) is 17.8. The first-order valence-corrected chi connectivity index (χ1v) is 8.98. The van der Waals surface area contributed by atoms with Gasteiger partial charge in [-0.05, 0) is 24.6 Å². The van der Waals surface area contributed by atoms with Gasteiger partial charge < -0.3 is 10.6 Å². The SMILES string of the molecule is COc1cccc(/C(C)=N/Nc2nnc(SCc3ccccc3)n2N)c1. The molecule has 0 fully saturated rings. The number of ether oxygens (including phenoxy) is 1. The smallest absolute Gasteiger partial charge is 0.264 e. The van der Waals surface area contributed by atoms with Gasteiger partial charge in [-0.15, -0.1) is 10.2 Å². The zero-order chi connectivity index (χ0) is 18.4. The maximum atomic E-state index is 6.06. The van der Waals surface area contributed by atoms with Crippen molar-refractivity contribution in [2.75, 3.05) is 18.4 Å². The summed E-state index contributed by atoms with van der Waals surface area (Å²) in [7, 11) is 1.63. The summed E-state index contributed by atoms with van der Waals surface area (Å²) in [6.07, 6.45) is 0. The van der Waals surface area contributed by atoms with Gasteiger partial charge in [-0.3, -0.25) is 0 Å². The van der Waals surface area contributed by atoms with E-state index >= 15 is 0 Å². The average molecular weight is 368 g/mol. The number of hydrogen-bond donors (Lipinski definition) is 2. The van der Waals surface area contributed by atoms with Crippen LogP contribution in [0.1, 0.15) is 18.1 Å².